The Kier molecular flexibility index (Phi) is 4.72. The molecule has 0 radical (unpaired) electrons. The van der Waals surface area contributed by atoms with Crippen LogP contribution in [0.4, 0.5) is 5.82 Å². The number of pyridine rings is 1. The van der Waals surface area contributed by atoms with Gasteiger partial charge in [0, 0.05) is 17.1 Å². The van der Waals surface area contributed by atoms with E-state index in [2.05, 4.69) is 16.4 Å². The molecule has 1 atom stereocenters. The average Bonchev–Trinajstić information content (AvgIpc) is 2.55. The van der Waals surface area contributed by atoms with Crippen LogP contribution >= 0.6 is 23.2 Å². The Balaban J connectivity index is 2.12. The van der Waals surface area contributed by atoms with Gasteiger partial charge in [0.2, 0.25) is 0 Å². The van der Waals surface area contributed by atoms with Gasteiger partial charge in [-0.2, -0.15) is 5.26 Å². The Bertz CT molecular complexity index is 777. The average molecular weight is 347 g/mol. The number of nitrogens with one attached hydrogen (secondary N) is 1. The van der Waals surface area contributed by atoms with Crippen LogP contribution in [0.2, 0.25) is 10.0 Å². The number of hydrogen-bond donors (Lipinski definition) is 2. The Morgan fingerprint density at radius 1 is 1.30 bits per heavy atom. The van der Waals surface area contributed by atoms with E-state index in [-0.39, 0.29) is 11.7 Å². The van der Waals surface area contributed by atoms with Crippen molar-refractivity contribution >= 4 is 29.0 Å². The van der Waals surface area contributed by atoms with E-state index < -0.39 is 0 Å². The third-order valence-corrected chi connectivity index (χ3v) is 4.68. The summed E-state index contributed by atoms with van der Waals surface area (Å²) in [4.78, 5) is 4.37. The van der Waals surface area contributed by atoms with Gasteiger partial charge in [0.25, 0.3) is 0 Å². The van der Waals surface area contributed by atoms with Gasteiger partial charge in [-0.1, -0.05) is 23.2 Å². The van der Waals surface area contributed by atoms with Gasteiger partial charge in [0.15, 0.2) is 0 Å². The van der Waals surface area contributed by atoms with Gasteiger partial charge in [-0.3, -0.25) is 0 Å². The highest BCUT2D eigenvalue weighted by atomic mass is 35.5. The summed E-state index contributed by atoms with van der Waals surface area (Å²) in [5.74, 6) is 0.505. The molecule has 118 valence electrons. The largest absolute Gasteiger partial charge is 0.383 e. The van der Waals surface area contributed by atoms with Gasteiger partial charge < -0.3 is 11.1 Å². The zero-order valence-corrected chi connectivity index (χ0v) is 14.0. The maximum absolute atomic E-state index is 9.45. The Hall–Kier alpha value is -1.80. The minimum atomic E-state index is 0.247. The molecule has 2 heterocycles. The summed E-state index contributed by atoms with van der Waals surface area (Å²) < 4.78 is 0. The van der Waals surface area contributed by atoms with Crippen molar-refractivity contribution < 1.29 is 0 Å². The molecule has 1 aliphatic heterocycles. The first-order valence-corrected chi connectivity index (χ1v) is 8.22. The highest BCUT2D eigenvalue weighted by Gasteiger charge is 2.22. The molecule has 3 N–H and O–H groups in total. The molecule has 1 aromatic carbocycles. The summed E-state index contributed by atoms with van der Waals surface area (Å²) in [6.45, 7) is 1.85. The van der Waals surface area contributed by atoms with E-state index in [4.69, 9.17) is 28.9 Å². The summed E-state index contributed by atoms with van der Waals surface area (Å²) in [5, 5.41) is 13.9. The SMILES string of the molecule is N#Cc1c([C@H]2CCCNC2)cc(-c2ccc(Cl)cc2Cl)nc1N. The van der Waals surface area contributed by atoms with Crippen LogP contribution in [0.1, 0.15) is 29.9 Å². The van der Waals surface area contributed by atoms with E-state index in [9.17, 15) is 5.26 Å². The van der Waals surface area contributed by atoms with Gasteiger partial charge in [-0.25, -0.2) is 4.98 Å². The van der Waals surface area contributed by atoms with E-state index in [1.165, 1.54) is 0 Å². The molecular formula is C17H16Cl2N4. The lowest BCUT2D eigenvalue weighted by atomic mass is 9.88. The first-order chi connectivity index (χ1) is 11.1. The molecule has 0 spiro atoms. The second kappa shape index (κ2) is 6.76. The highest BCUT2D eigenvalue weighted by molar-refractivity contribution is 6.36. The molecule has 3 rings (SSSR count). The third-order valence-electron chi connectivity index (χ3n) is 4.13. The van der Waals surface area contributed by atoms with Crippen LogP contribution in [0.3, 0.4) is 0 Å². The number of nitrogens with two attached hydrogens (primary N) is 1. The van der Waals surface area contributed by atoms with Gasteiger partial charge in [0.1, 0.15) is 11.9 Å². The molecule has 0 amide bonds. The van der Waals surface area contributed by atoms with Crippen LogP contribution in [-0.4, -0.2) is 18.1 Å². The first-order valence-electron chi connectivity index (χ1n) is 7.47. The maximum Gasteiger partial charge on any atom is 0.142 e. The van der Waals surface area contributed by atoms with E-state index in [1.54, 1.807) is 12.1 Å². The fourth-order valence-corrected chi connectivity index (χ4v) is 3.49. The van der Waals surface area contributed by atoms with Crippen molar-refractivity contribution in [2.75, 3.05) is 18.8 Å². The van der Waals surface area contributed by atoms with Crippen LogP contribution in [0, 0.1) is 11.3 Å². The lowest BCUT2D eigenvalue weighted by Gasteiger charge is -2.24. The molecule has 23 heavy (non-hydrogen) atoms. The van der Waals surface area contributed by atoms with Crippen molar-refractivity contribution in [1.82, 2.24) is 10.3 Å². The molecule has 6 heteroatoms. The Morgan fingerprint density at radius 2 is 2.13 bits per heavy atom. The topological polar surface area (TPSA) is 74.7 Å². The predicted molar refractivity (Wildman–Crippen MR) is 93.7 cm³/mol. The van der Waals surface area contributed by atoms with Crippen LogP contribution in [0.25, 0.3) is 11.3 Å². The maximum atomic E-state index is 9.45. The minimum Gasteiger partial charge on any atom is -0.383 e. The summed E-state index contributed by atoms with van der Waals surface area (Å²) in [5.41, 5.74) is 8.87. The number of anilines is 1. The fraction of sp³-hybridized carbons (Fsp3) is 0.294. The zero-order chi connectivity index (χ0) is 16.4. The molecule has 0 bridgehead atoms. The molecule has 1 fully saturated rings. The number of nitriles is 1. The fourth-order valence-electron chi connectivity index (χ4n) is 2.98. The van der Waals surface area contributed by atoms with E-state index in [0.717, 1.165) is 37.1 Å². The smallest absolute Gasteiger partial charge is 0.142 e. The van der Waals surface area contributed by atoms with Crippen molar-refractivity contribution in [3.63, 3.8) is 0 Å². The van der Waals surface area contributed by atoms with Crippen molar-refractivity contribution in [3.8, 4) is 17.3 Å². The molecule has 1 aromatic heterocycles. The van der Waals surface area contributed by atoms with Gasteiger partial charge in [-0.05, 0) is 55.1 Å². The zero-order valence-electron chi connectivity index (χ0n) is 12.4. The first kappa shape index (κ1) is 16.1. The minimum absolute atomic E-state index is 0.247. The van der Waals surface area contributed by atoms with Crippen LogP contribution in [0.15, 0.2) is 24.3 Å². The number of halogens is 2. The molecule has 0 saturated carbocycles. The number of piperidine rings is 1. The van der Waals surface area contributed by atoms with E-state index in [0.29, 0.717) is 21.3 Å². The van der Waals surface area contributed by atoms with Gasteiger partial charge in [-0.15, -0.1) is 0 Å². The Labute approximate surface area is 145 Å². The second-order valence-corrected chi connectivity index (χ2v) is 6.48. The number of nitrogens with zero attached hydrogens (tertiary/aromatic N) is 2. The molecule has 0 unspecified atom stereocenters. The van der Waals surface area contributed by atoms with Crippen LogP contribution < -0.4 is 11.1 Å². The van der Waals surface area contributed by atoms with E-state index in [1.807, 2.05) is 12.1 Å². The van der Waals surface area contributed by atoms with Gasteiger partial charge in [0.05, 0.1) is 16.3 Å². The number of benzene rings is 1. The summed E-state index contributed by atoms with van der Waals surface area (Å²) in [7, 11) is 0. The molecule has 1 saturated heterocycles. The molecular weight excluding hydrogens is 331 g/mol. The number of hydrogen-bond acceptors (Lipinski definition) is 4. The van der Waals surface area contributed by atoms with Crippen LogP contribution in [-0.2, 0) is 0 Å². The molecule has 0 aliphatic carbocycles. The molecule has 2 aromatic rings. The summed E-state index contributed by atoms with van der Waals surface area (Å²) >= 11 is 12.2. The van der Waals surface area contributed by atoms with Gasteiger partial charge >= 0.3 is 0 Å². The van der Waals surface area contributed by atoms with Crippen molar-refractivity contribution in [3.05, 3.63) is 45.4 Å². The predicted octanol–water partition coefficient (Wildman–Crippen LogP) is 3.98. The Morgan fingerprint density at radius 3 is 2.78 bits per heavy atom. The molecule has 1 aliphatic rings. The highest BCUT2D eigenvalue weighted by Crippen LogP contribution is 2.35. The number of aromatic nitrogens is 1. The summed E-state index contributed by atoms with van der Waals surface area (Å²) in [6, 6.07) is 9.39. The van der Waals surface area contributed by atoms with Crippen LogP contribution in [0.5, 0.6) is 0 Å². The lowest BCUT2D eigenvalue weighted by Crippen LogP contribution is -2.29. The van der Waals surface area contributed by atoms with Crippen molar-refractivity contribution in [1.29, 1.82) is 5.26 Å². The number of nitrogen functional groups attached to an aromatic ring is 1. The van der Waals surface area contributed by atoms with Crippen molar-refractivity contribution in [2.24, 2.45) is 0 Å². The van der Waals surface area contributed by atoms with Crippen molar-refractivity contribution in [2.45, 2.75) is 18.8 Å². The lowest BCUT2D eigenvalue weighted by molar-refractivity contribution is 0.461. The standard InChI is InChI=1S/C17H16Cl2N4/c18-11-3-4-12(15(19)6-11)16-7-13(10-2-1-5-22-9-10)14(8-20)17(21)23-16/h3-4,6-7,10,22H,1-2,5,9H2,(H2,21,23)/t10-/m0/s1. The number of rotatable bonds is 2. The molecule has 4 nitrogen and oxygen atoms in total. The second-order valence-electron chi connectivity index (χ2n) is 5.64. The summed E-state index contributed by atoms with van der Waals surface area (Å²) in [6.07, 6.45) is 2.10. The quantitative estimate of drug-likeness (QED) is 0.862. The third kappa shape index (κ3) is 3.28. The van der Waals surface area contributed by atoms with E-state index >= 15 is 0 Å². The normalized spacial score (nSPS) is 17.7. The monoisotopic (exact) mass is 346 g/mol.